The Bertz CT molecular complexity index is 960. The molecule has 1 saturated heterocycles. The first-order valence-electron chi connectivity index (χ1n) is 9.66. The summed E-state index contributed by atoms with van der Waals surface area (Å²) in [5.74, 6) is 1.87. The molecule has 1 aliphatic rings. The Morgan fingerprint density at radius 1 is 1.10 bits per heavy atom. The number of hydrogen-bond donors (Lipinski definition) is 1. The van der Waals surface area contributed by atoms with Crippen molar-refractivity contribution in [1.29, 1.82) is 0 Å². The Hall–Kier alpha value is -3.26. The van der Waals surface area contributed by atoms with E-state index in [-0.39, 0.29) is 5.91 Å². The molecule has 1 aliphatic heterocycles. The number of aryl methyl sites for hydroxylation is 1. The van der Waals surface area contributed by atoms with E-state index in [0.717, 1.165) is 43.1 Å². The Labute approximate surface area is 169 Å². The average molecular weight is 392 g/mol. The number of carbonyl (C=O) groups excluding carboxylic acids is 1. The summed E-state index contributed by atoms with van der Waals surface area (Å²) in [4.78, 5) is 25.8. The van der Waals surface area contributed by atoms with Crippen LogP contribution in [0.5, 0.6) is 0 Å². The third-order valence-corrected chi connectivity index (χ3v) is 5.01. The fraction of sp³-hybridized carbons (Fsp3) is 0.333. The number of anilines is 1. The molecule has 0 radical (unpaired) electrons. The largest absolute Gasteiger partial charge is 0.354 e. The molecule has 3 aromatic rings. The van der Waals surface area contributed by atoms with E-state index in [1.807, 2.05) is 18.3 Å². The van der Waals surface area contributed by atoms with Crippen LogP contribution < -0.4 is 10.2 Å². The summed E-state index contributed by atoms with van der Waals surface area (Å²) in [6, 6.07) is 11.1. The van der Waals surface area contributed by atoms with Gasteiger partial charge in [-0.15, -0.1) is 0 Å². The summed E-state index contributed by atoms with van der Waals surface area (Å²) in [5, 5.41) is 6.71. The first kappa shape index (κ1) is 19.1. The molecule has 0 atom stereocenters. The van der Waals surface area contributed by atoms with Gasteiger partial charge < -0.3 is 19.6 Å². The van der Waals surface area contributed by atoms with Crippen molar-refractivity contribution >= 4 is 11.7 Å². The molecule has 1 aromatic carbocycles. The van der Waals surface area contributed by atoms with Gasteiger partial charge in [-0.3, -0.25) is 4.79 Å². The SMILES string of the molecule is Cc1noc(-c2ccc(C(=O)NCc3ccc(N4CCN(C)CC4)nc3)cc2)n1. The minimum Gasteiger partial charge on any atom is -0.354 e. The number of amides is 1. The number of aromatic nitrogens is 3. The van der Waals surface area contributed by atoms with Crippen LogP contribution >= 0.6 is 0 Å². The fourth-order valence-corrected chi connectivity index (χ4v) is 3.21. The number of likely N-dealkylation sites (N-methyl/N-ethyl adjacent to an activating group) is 1. The normalized spacial score (nSPS) is 14.8. The van der Waals surface area contributed by atoms with Gasteiger partial charge in [-0.25, -0.2) is 4.98 Å². The number of piperazine rings is 1. The van der Waals surface area contributed by atoms with Gasteiger partial charge in [-0.05, 0) is 49.9 Å². The van der Waals surface area contributed by atoms with Crippen molar-refractivity contribution in [2.24, 2.45) is 0 Å². The standard InChI is InChI=1S/C21H24N6O2/c1-15-24-21(29-25-15)18-6-4-17(5-7-18)20(28)23-14-16-3-8-19(22-13-16)27-11-9-26(2)10-12-27/h3-8,13H,9-12,14H2,1-2H3,(H,23,28). The summed E-state index contributed by atoms with van der Waals surface area (Å²) in [5.41, 5.74) is 2.33. The van der Waals surface area contributed by atoms with Crippen LogP contribution in [-0.2, 0) is 6.54 Å². The molecule has 3 heterocycles. The molecule has 0 aliphatic carbocycles. The summed E-state index contributed by atoms with van der Waals surface area (Å²) in [7, 11) is 2.14. The topological polar surface area (TPSA) is 87.4 Å². The molecule has 0 unspecified atom stereocenters. The lowest BCUT2D eigenvalue weighted by Gasteiger charge is -2.33. The number of carbonyl (C=O) groups is 1. The van der Waals surface area contributed by atoms with Gasteiger partial charge in [-0.1, -0.05) is 11.2 Å². The van der Waals surface area contributed by atoms with Crippen LogP contribution in [0, 0.1) is 6.92 Å². The number of nitrogens with zero attached hydrogens (tertiary/aromatic N) is 5. The molecular weight excluding hydrogens is 368 g/mol. The maximum absolute atomic E-state index is 12.4. The number of hydrogen-bond acceptors (Lipinski definition) is 7. The van der Waals surface area contributed by atoms with E-state index in [4.69, 9.17) is 4.52 Å². The highest BCUT2D eigenvalue weighted by Gasteiger charge is 2.15. The van der Waals surface area contributed by atoms with Crippen LogP contribution in [0.1, 0.15) is 21.7 Å². The molecule has 29 heavy (non-hydrogen) atoms. The maximum Gasteiger partial charge on any atom is 0.257 e. The summed E-state index contributed by atoms with van der Waals surface area (Å²) >= 11 is 0. The molecule has 8 nitrogen and oxygen atoms in total. The van der Waals surface area contributed by atoms with Gasteiger partial charge in [0.1, 0.15) is 5.82 Å². The molecule has 0 bridgehead atoms. The van der Waals surface area contributed by atoms with Crippen LogP contribution in [-0.4, -0.2) is 59.2 Å². The van der Waals surface area contributed by atoms with Gasteiger partial charge in [0.25, 0.3) is 11.8 Å². The monoisotopic (exact) mass is 392 g/mol. The molecule has 2 aromatic heterocycles. The first-order valence-corrected chi connectivity index (χ1v) is 9.66. The van der Waals surface area contributed by atoms with E-state index < -0.39 is 0 Å². The van der Waals surface area contributed by atoms with E-state index in [9.17, 15) is 4.79 Å². The summed E-state index contributed by atoms with van der Waals surface area (Å²) in [6.45, 7) is 6.26. The predicted octanol–water partition coefficient (Wildman–Crippen LogP) is 2.12. The Kier molecular flexibility index (Phi) is 5.53. The second kappa shape index (κ2) is 8.40. The second-order valence-electron chi connectivity index (χ2n) is 7.22. The van der Waals surface area contributed by atoms with Gasteiger partial charge in [0.15, 0.2) is 5.82 Å². The Balaban J connectivity index is 1.32. The van der Waals surface area contributed by atoms with Crippen molar-refractivity contribution in [2.45, 2.75) is 13.5 Å². The molecular formula is C21H24N6O2. The zero-order chi connectivity index (χ0) is 20.2. The number of pyridine rings is 1. The van der Waals surface area contributed by atoms with Crippen molar-refractivity contribution in [3.05, 3.63) is 59.5 Å². The first-order chi connectivity index (χ1) is 14.1. The molecule has 150 valence electrons. The van der Waals surface area contributed by atoms with E-state index in [2.05, 4.69) is 37.3 Å². The quantitative estimate of drug-likeness (QED) is 0.712. The van der Waals surface area contributed by atoms with Crippen LogP contribution in [0.2, 0.25) is 0 Å². The molecule has 4 rings (SSSR count). The Morgan fingerprint density at radius 3 is 2.48 bits per heavy atom. The van der Waals surface area contributed by atoms with E-state index in [1.165, 1.54) is 0 Å². The van der Waals surface area contributed by atoms with Crippen LogP contribution in [0.15, 0.2) is 47.1 Å². The van der Waals surface area contributed by atoms with Gasteiger partial charge in [0.2, 0.25) is 0 Å². The minimum absolute atomic E-state index is 0.138. The van der Waals surface area contributed by atoms with Crippen molar-refractivity contribution in [3.8, 4) is 11.5 Å². The summed E-state index contributed by atoms with van der Waals surface area (Å²) in [6.07, 6.45) is 1.83. The van der Waals surface area contributed by atoms with Crippen LogP contribution in [0.25, 0.3) is 11.5 Å². The number of nitrogens with one attached hydrogen (secondary N) is 1. The zero-order valence-electron chi connectivity index (χ0n) is 16.6. The molecule has 8 heteroatoms. The van der Waals surface area contributed by atoms with E-state index in [1.54, 1.807) is 31.2 Å². The second-order valence-corrected chi connectivity index (χ2v) is 7.22. The zero-order valence-corrected chi connectivity index (χ0v) is 16.6. The van der Waals surface area contributed by atoms with Gasteiger partial charge in [-0.2, -0.15) is 4.98 Å². The van der Waals surface area contributed by atoms with Gasteiger partial charge in [0, 0.05) is 50.0 Å². The minimum atomic E-state index is -0.138. The third kappa shape index (κ3) is 4.60. The average Bonchev–Trinajstić information content (AvgIpc) is 3.19. The highest BCUT2D eigenvalue weighted by molar-refractivity contribution is 5.94. The maximum atomic E-state index is 12.4. The van der Waals surface area contributed by atoms with Gasteiger partial charge >= 0.3 is 0 Å². The lowest BCUT2D eigenvalue weighted by atomic mass is 10.1. The molecule has 1 N–H and O–H groups in total. The predicted molar refractivity (Wildman–Crippen MR) is 110 cm³/mol. The van der Waals surface area contributed by atoms with Crippen molar-refractivity contribution in [2.75, 3.05) is 38.1 Å². The third-order valence-electron chi connectivity index (χ3n) is 5.01. The fourth-order valence-electron chi connectivity index (χ4n) is 3.21. The van der Waals surface area contributed by atoms with E-state index in [0.29, 0.717) is 23.8 Å². The lowest BCUT2D eigenvalue weighted by Crippen LogP contribution is -2.44. The van der Waals surface area contributed by atoms with E-state index >= 15 is 0 Å². The number of benzene rings is 1. The molecule has 1 fully saturated rings. The highest BCUT2D eigenvalue weighted by atomic mass is 16.5. The Morgan fingerprint density at radius 2 is 1.86 bits per heavy atom. The lowest BCUT2D eigenvalue weighted by molar-refractivity contribution is 0.0951. The van der Waals surface area contributed by atoms with Crippen LogP contribution in [0.4, 0.5) is 5.82 Å². The molecule has 0 spiro atoms. The van der Waals surface area contributed by atoms with Crippen molar-refractivity contribution < 1.29 is 9.32 Å². The summed E-state index contributed by atoms with van der Waals surface area (Å²) < 4.78 is 5.14. The van der Waals surface area contributed by atoms with Crippen molar-refractivity contribution in [1.82, 2.24) is 25.3 Å². The number of rotatable bonds is 5. The smallest absolute Gasteiger partial charge is 0.257 e. The highest BCUT2D eigenvalue weighted by Crippen LogP contribution is 2.18. The van der Waals surface area contributed by atoms with Gasteiger partial charge in [0.05, 0.1) is 0 Å². The molecule has 0 saturated carbocycles. The molecule has 1 amide bonds. The van der Waals surface area contributed by atoms with Crippen LogP contribution in [0.3, 0.4) is 0 Å². The van der Waals surface area contributed by atoms with Crippen molar-refractivity contribution in [3.63, 3.8) is 0 Å².